The summed E-state index contributed by atoms with van der Waals surface area (Å²) >= 11 is 12.1. The van der Waals surface area contributed by atoms with Crippen LogP contribution in [0.2, 0.25) is 10.0 Å². The van der Waals surface area contributed by atoms with Crippen molar-refractivity contribution in [3.8, 4) is 0 Å². The molecule has 2 amide bonds. The number of hydrogen-bond acceptors (Lipinski definition) is 5. The molecular formula is C17H13Cl2NO5. The third-order valence-corrected chi connectivity index (χ3v) is 5.76. The van der Waals surface area contributed by atoms with Crippen LogP contribution in [0, 0.1) is 11.8 Å². The van der Waals surface area contributed by atoms with Gasteiger partial charge < -0.3 is 14.2 Å². The first-order valence-corrected chi connectivity index (χ1v) is 8.72. The summed E-state index contributed by atoms with van der Waals surface area (Å²) in [5.41, 5.74) is -0.732. The molecule has 4 aliphatic heterocycles. The summed E-state index contributed by atoms with van der Waals surface area (Å²) in [4.78, 5) is 27.3. The van der Waals surface area contributed by atoms with Crippen molar-refractivity contribution >= 4 is 40.7 Å². The largest absolute Gasteiger partial charge is 0.357 e. The average Bonchev–Trinajstić information content (AvgIpc) is 3.33. The number of amides is 2. The van der Waals surface area contributed by atoms with Crippen molar-refractivity contribution in [1.29, 1.82) is 0 Å². The number of fused-ring (bicyclic) bond motifs is 5. The number of carbonyl (C=O) groups excluding carboxylic acids is 2. The van der Waals surface area contributed by atoms with Crippen molar-refractivity contribution in [1.82, 2.24) is 0 Å². The van der Waals surface area contributed by atoms with E-state index in [2.05, 4.69) is 0 Å². The van der Waals surface area contributed by atoms with E-state index in [1.165, 1.54) is 6.07 Å². The van der Waals surface area contributed by atoms with Gasteiger partial charge in [-0.05, 0) is 24.3 Å². The maximum Gasteiger partial charge on any atom is 0.241 e. The zero-order chi connectivity index (χ0) is 17.3. The number of halogens is 2. The van der Waals surface area contributed by atoms with Crippen LogP contribution in [0.4, 0.5) is 5.69 Å². The number of rotatable bonds is 2. The standard InChI is InChI=1S/C17H13Cl2NO5/c18-8-1-2-10(9(19)7-8)20-14(21)12-11-3-4-17(25-11,13(12)15(20)22)16-23-5-6-24-16/h1-4,7,11-13,16H,5-6H2/t11-,12-,13-,17-/m1/s1. The molecule has 2 bridgehead atoms. The maximum atomic E-state index is 13.2. The van der Waals surface area contributed by atoms with Crippen molar-refractivity contribution < 1.29 is 23.8 Å². The Hall–Kier alpha value is -1.44. The zero-order valence-electron chi connectivity index (χ0n) is 12.9. The molecule has 0 N–H and O–H groups in total. The van der Waals surface area contributed by atoms with E-state index in [1.54, 1.807) is 18.2 Å². The fourth-order valence-electron chi connectivity index (χ4n) is 4.23. The lowest BCUT2D eigenvalue weighted by atomic mass is 9.76. The second-order valence-electron chi connectivity index (χ2n) is 6.48. The third kappa shape index (κ3) is 1.97. The van der Waals surface area contributed by atoms with Crippen LogP contribution in [-0.4, -0.2) is 43.0 Å². The molecule has 8 heteroatoms. The second-order valence-corrected chi connectivity index (χ2v) is 7.32. The van der Waals surface area contributed by atoms with E-state index in [0.717, 1.165) is 4.90 Å². The van der Waals surface area contributed by atoms with Gasteiger partial charge in [0.25, 0.3) is 0 Å². The van der Waals surface area contributed by atoms with E-state index < -0.39 is 29.8 Å². The summed E-state index contributed by atoms with van der Waals surface area (Å²) in [6, 6.07) is 4.68. The molecule has 1 aromatic rings. The molecule has 130 valence electrons. The van der Waals surface area contributed by atoms with Crippen LogP contribution in [0.1, 0.15) is 0 Å². The molecule has 0 spiro atoms. The van der Waals surface area contributed by atoms with Crippen LogP contribution in [-0.2, 0) is 23.8 Å². The summed E-state index contributed by atoms with van der Waals surface area (Å²) in [6.07, 6.45) is 2.45. The number of ether oxygens (including phenoxy) is 3. The van der Waals surface area contributed by atoms with Crippen molar-refractivity contribution in [2.24, 2.45) is 11.8 Å². The molecule has 4 atom stereocenters. The monoisotopic (exact) mass is 381 g/mol. The third-order valence-electron chi connectivity index (χ3n) is 5.22. The van der Waals surface area contributed by atoms with E-state index >= 15 is 0 Å². The molecule has 4 aliphatic rings. The molecule has 25 heavy (non-hydrogen) atoms. The van der Waals surface area contributed by atoms with Crippen LogP contribution >= 0.6 is 23.2 Å². The fraction of sp³-hybridized carbons (Fsp3) is 0.412. The van der Waals surface area contributed by atoms with Gasteiger partial charge in [0.15, 0.2) is 11.9 Å². The lowest BCUT2D eigenvalue weighted by Gasteiger charge is -2.32. The number of anilines is 1. The molecule has 0 radical (unpaired) electrons. The van der Waals surface area contributed by atoms with Gasteiger partial charge in [-0.1, -0.05) is 29.3 Å². The molecule has 0 saturated carbocycles. The van der Waals surface area contributed by atoms with Crippen molar-refractivity contribution in [2.45, 2.75) is 18.0 Å². The van der Waals surface area contributed by atoms with Gasteiger partial charge >= 0.3 is 0 Å². The summed E-state index contributed by atoms with van der Waals surface area (Å²) in [5, 5.41) is 0.681. The van der Waals surface area contributed by atoms with E-state index in [9.17, 15) is 9.59 Å². The van der Waals surface area contributed by atoms with Gasteiger partial charge in [-0.15, -0.1) is 0 Å². The first-order valence-electron chi connectivity index (χ1n) is 7.96. The predicted octanol–water partition coefficient (Wildman–Crippen LogP) is 2.18. The normalized spacial score (nSPS) is 36.7. The molecule has 1 aromatic carbocycles. The van der Waals surface area contributed by atoms with Gasteiger partial charge in [0.05, 0.1) is 41.9 Å². The van der Waals surface area contributed by atoms with Crippen molar-refractivity contribution in [2.75, 3.05) is 18.1 Å². The predicted molar refractivity (Wildman–Crippen MR) is 88.4 cm³/mol. The zero-order valence-corrected chi connectivity index (χ0v) is 14.4. The summed E-state index contributed by atoms with van der Waals surface area (Å²) < 4.78 is 17.2. The molecule has 0 aromatic heterocycles. The Bertz CT molecular complexity index is 821. The van der Waals surface area contributed by atoms with Crippen LogP contribution in [0.15, 0.2) is 30.4 Å². The topological polar surface area (TPSA) is 65.1 Å². The highest BCUT2D eigenvalue weighted by Crippen LogP contribution is 2.55. The number of nitrogens with zero attached hydrogens (tertiary/aromatic N) is 1. The van der Waals surface area contributed by atoms with Crippen molar-refractivity contribution in [3.63, 3.8) is 0 Å². The van der Waals surface area contributed by atoms with E-state index in [4.69, 9.17) is 37.4 Å². The quantitative estimate of drug-likeness (QED) is 0.580. The van der Waals surface area contributed by atoms with Crippen LogP contribution in [0.5, 0.6) is 0 Å². The highest BCUT2D eigenvalue weighted by Gasteiger charge is 2.71. The molecule has 5 rings (SSSR count). The van der Waals surface area contributed by atoms with E-state index in [0.29, 0.717) is 23.9 Å². The molecule has 3 saturated heterocycles. The number of hydrogen-bond donors (Lipinski definition) is 0. The molecule has 6 nitrogen and oxygen atoms in total. The van der Waals surface area contributed by atoms with Gasteiger partial charge in [0, 0.05) is 5.02 Å². The van der Waals surface area contributed by atoms with E-state index in [-0.39, 0.29) is 16.8 Å². The minimum atomic E-state index is -1.06. The Balaban J connectivity index is 1.58. The highest BCUT2D eigenvalue weighted by molar-refractivity contribution is 6.38. The van der Waals surface area contributed by atoms with Gasteiger partial charge in [-0.3, -0.25) is 9.59 Å². The van der Waals surface area contributed by atoms with Gasteiger partial charge in [-0.2, -0.15) is 0 Å². The van der Waals surface area contributed by atoms with Crippen molar-refractivity contribution in [3.05, 3.63) is 40.4 Å². The molecule has 0 aliphatic carbocycles. The Morgan fingerprint density at radius 2 is 1.88 bits per heavy atom. The Morgan fingerprint density at radius 3 is 2.60 bits per heavy atom. The summed E-state index contributed by atoms with van der Waals surface area (Å²) in [6.45, 7) is 0.862. The molecule has 4 heterocycles. The van der Waals surface area contributed by atoms with Gasteiger partial charge in [0.1, 0.15) is 0 Å². The summed E-state index contributed by atoms with van der Waals surface area (Å²) in [7, 11) is 0. The van der Waals surface area contributed by atoms with Crippen LogP contribution in [0.3, 0.4) is 0 Å². The van der Waals surface area contributed by atoms with E-state index in [1.807, 2.05) is 6.08 Å². The lowest BCUT2D eigenvalue weighted by molar-refractivity contribution is -0.180. The fourth-order valence-corrected chi connectivity index (χ4v) is 4.72. The second kappa shape index (κ2) is 5.28. The highest BCUT2D eigenvalue weighted by atomic mass is 35.5. The molecule has 3 fully saturated rings. The summed E-state index contributed by atoms with van der Waals surface area (Å²) in [5.74, 6) is -1.97. The molecular weight excluding hydrogens is 369 g/mol. The SMILES string of the molecule is O=C1[C@@H]2[C@H]3C=C[C@@](C4OCCO4)(O3)[C@H]2C(=O)N1c1ccc(Cl)cc1Cl. The number of benzene rings is 1. The Kier molecular flexibility index (Phi) is 3.34. The van der Waals surface area contributed by atoms with Crippen LogP contribution in [0.25, 0.3) is 0 Å². The lowest BCUT2D eigenvalue weighted by Crippen LogP contribution is -2.49. The smallest absolute Gasteiger partial charge is 0.241 e. The van der Waals surface area contributed by atoms with Gasteiger partial charge in [0.2, 0.25) is 11.8 Å². The Labute approximate surface area is 153 Å². The Morgan fingerprint density at radius 1 is 1.12 bits per heavy atom. The molecule has 0 unspecified atom stereocenters. The average molecular weight is 382 g/mol. The minimum Gasteiger partial charge on any atom is -0.357 e. The maximum absolute atomic E-state index is 13.2. The number of imide groups is 1. The van der Waals surface area contributed by atoms with Crippen LogP contribution < -0.4 is 4.90 Å². The van der Waals surface area contributed by atoms with Gasteiger partial charge in [-0.25, -0.2) is 4.90 Å². The first-order chi connectivity index (χ1) is 12.0. The number of carbonyl (C=O) groups is 2. The minimum absolute atomic E-state index is 0.248. The first kappa shape index (κ1) is 15.8.